The number of alkyl halides is 9. The molecule has 2 aromatic carbocycles. The first-order valence-corrected chi connectivity index (χ1v) is 18.8. The molecule has 20 heteroatoms. The molecule has 6 heterocycles. The largest absolute Gasteiger partial charge is 0.508 e. The SMILES string of the molecule is C#Cc1c(F)ccc2cc(O)cc(-c3nc4c5c(nc(OC[C@]67CCCN6C[C@H](OC(C(F)(F)F)(C(F)(F)F)C(F)(F)F)C7)nc5c3F)N3C[C@@H](CC)NC[C@H]3CC4)c12. The van der Waals surface area contributed by atoms with E-state index in [2.05, 4.69) is 25.9 Å². The number of benzene rings is 2. The molecule has 0 aliphatic carbocycles. The van der Waals surface area contributed by atoms with Crippen molar-refractivity contribution in [3.8, 4) is 35.4 Å². The van der Waals surface area contributed by atoms with Crippen LogP contribution < -0.4 is 15.0 Å². The molecule has 0 bridgehead atoms. The number of rotatable bonds is 7. The summed E-state index contributed by atoms with van der Waals surface area (Å²) < 4.78 is 167. The monoisotopic (exact) mass is 844 g/mol. The van der Waals surface area contributed by atoms with E-state index in [1.165, 1.54) is 23.1 Å². The molecule has 316 valence electrons. The summed E-state index contributed by atoms with van der Waals surface area (Å²) in [7, 11) is 0. The summed E-state index contributed by atoms with van der Waals surface area (Å²) >= 11 is 0. The van der Waals surface area contributed by atoms with Crippen LogP contribution in [0, 0.1) is 24.0 Å². The van der Waals surface area contributed by atoms with Crippen LogP contribution in [0.25, 0.3) is 32.9 Å². The molecular weight excluding hydrogens is 809 g/mol. The second-order valence-corrected chi connectivity index (χ2v) is 15.5. The number of pyridine rings is 1. The molecule has 9 nitrogen and oxygen atoms in total. The number of ether oxygens (including phenoxy) is 2. The van der Waals surface area contributed by atoms with E-state index in [1.54, 1.807) is 0 Å². The van der Waals surface area contributed by atoms with Gasteiger partial charge in [-0.15, -0.1) is 6.42 Å². The lowest BCUT2D eigenvalue weighted by Gasteiger charge is -2.40. The highest BCUT2D eigenvalue weighted by atomic mass is 19.4. The van der Waals surface area contributed by atoms with E-state index in [1.807, 2.05) is 11.8 Å². The van der Waals surface area contributed by atoms with Gasteiger partial charge in [0.15, 0.2) is 5.82 Å². The zero-order valence-electron chi connectivity index (χ0n) is 31.1. The van der Waals surface area contributed by atoms with Crippen LogP contribution in [0.1, 0.15) is 50.3 Å². The van der Waals surface area contributed by atoms with Gasteiger partial charge in [-0.3, -0.25) is 4.90 Å². The molecular formula is C39H35F11N6O3. The molecule has 3 fully saturated rings. The van der Waals surface area contributed by atoms with Crippen molar-refractivity contribution in [1.29, 1.82) is 0 Å². The fourth-order valence-electron chi connectivity index (χ4n) is 9.23. The van der Waals surface area contributed by atoms with Crippen LogP contribution in [0.15, 0.2) is 24.3 Å². The average Bonchev–Trinajstić information content (AvgIpc) is 3.66. The van der Waals surface area contributed by atoms with Crippen molar-refractivity contribution in [2.75, 3.05) is 37.7 Å². The Balaban J connectivity index is 1.22. The predicted octanol–water partition coefficient (Wildman–Crippen LogP) is 7.74. The second kappa shape index (κ2) is 14.2. The first-order valence-electron chi connectivity index (χ1n) is 18.8. The van der Waals surface area contributed by atoms with Gasteiger partial charge < -0.3 is 24.8 Å². The number of aromatic hydroxyl groups is 1. The van der Waals surface area contributed by atoms with Crippen molar-refractivity contribution >= 4 is 27.5 Å². The Kier molecular flexibility index (Phi) is 9.86. The van der Waals surface area contributed by atoms with E-state index < -0.39 is 73.0 Å². The topological polar surface area (TPSA) is 95.9 Å². The number of hydrogen-bond donors (Lipinski definition) is 2. The lowest BCUT2D eigenvalue weighted by atomic mass is 9.93. The van der Waals surface area contributed by atoms with Crippen LogP contribution in [0.5, 0.6) is 11.8 Å². The summed E-state index contributed by atoms with van der Waals surface area (Å²) in [6, 6.07) is 4.38. The van der Waals surface area contributed by atoms with Crippen molar-refractivity contribution in [1.82, 2.24) is 25.2 Å². The van der Waals surface area contributed by atoms with Crippen LogP contribution in [0.3, 0.4) is 0 Å². The summed E-state index contributed by atoms with van der Waals surface area (Å²) in [6.45, 7) is 1.82. The van der Waals surface area contributed by atoms with Gasteiger partial charge in [0.2, 0.25) is 0 Å². The predicted molar refractivity (Wildman–Crippen MR) is 191 cm³/mol. The van der Waals surface area contributed by atoms with Crippen molar-refractivity contribution in [2.24, 2.45) is 0 Å². The third kappa shape index (κ3) is 6.54. The van der Waals surface area contributed by atoms with Crippen LogP contribution >= 0.6 is 0 Å². The maximum Gasteiger partial charge on any atom is 0.435 e. The fourth-order valence-corrected chi connectivity index (χ4v) is 9.23. The van der Waals surface area contributed by atoms with Gasteiger partial charge in [-0.2, -0.15) is 49.5 Å². The molecule has 0 saturated carbocycles. The first kappa shape index (κ1) is 41.0. The molecule has 4 atom stereocenters. The fraction of sp³-hybridized carbons (Fsp3) is 0.513. The Morgan fingerprint density at radius 2 is 1.71 bits per heavy atom. The number of aromatic nitrogens is 3. The van der Waals surface area contributed by atoms with E-state index in [0.29, 0.717) is 43.4 Å². The number of anilines is 1. The maximum atomic E-state index is 17.2. The zero-order chi connectivity index (χ0) is 42.4. The quantitative estimate of drug-likeness (QED) is 0.143. The highest BCUT2D eigenvalue weighted by Crippen LogP contribution is 2.57. The first-order chi connectivity index (χ1) is 27.7. The number of terminal acetylenes is 1. The van der Waals surface area contributed by atoms with Gasteiger partial charge in [-0.05, 0) is 68.7 Å². The number of hydrogen-bond acceptors (Lipinski definition) is 9. The van der Waals surface area contributed by atoms with Crippen LogP contribution in [0.4, 0.5) is 54.1 Å². The summed E-state index contributed by atoms with van der Waals surface area (Å²) in [4.78, 5) is 17.2. The highest BCUT2D eigenvalue weighted by Gasteiger charge is 2.86. The summed E-state index contributed by atoms with van der Waals surface area (Å²) in [6.07, 6.45) is -15.8. The van der Waals surface area contributed by atoms with Crippen molar-refractivity contribution in [3.05, 3.63) is 47.2 Å². The van der Waals surface area contributed by atoms with E-state index in [9.17, 15) is 44.6 Å². The molecule has 4 aromatic rings. The Morgan fingerprint density at radius 1 is 0.983 bits per heavy atom. The van der Waals surface area contributed by atoms with Crippen molar-refractivity contribution < 1.29 is 62.9 Å². The summed E-state index contributed by atoms with van der Waals surface area (Å²) in [5, 5.41) is 14.8. The zero-order valence-corrected chi connectivity index (χ0v) is 31.1. The number of nitrogens with one attached hydrogen (secondary N) is 1. The minimum absolute atomic E-state index is 0.00595. The molecule has 2 N–H and O–H groups in total. The number of nitrogens with zero attached hydrogens (tertiary/aromatic N) is 5. The third-order valence-electron chi connectivity index (χ3n) is 12.0. The molecule has 4 aliphatic heterocycles. The average molecular weight is 845 g/mol. The standard InChI is InChI=1S/C39H35F11N6O3/c1-3-20-16-56-21(15-51-20)7-9-27-29-32(30(41)31(52-27)25-13-22(57)12-19-6-8-26(40)24(4-2)28(19)25)53-34(54-33(29)56)58-18-35-10-5-11-55(35)17-23(14-35)59-36(37(42,43)44,38(45,46)47)39(48,49)50/h2,6,8,12-13,20-21,23,51,57H,3,5,7,9-11,14-18H2,1H3/t20-,21-,23-,35-/m1/s1. The molecule has 0 spiro atoms. The molecule has 59 heavy (non-hydrogen) atoms. The highest BCUT2D eigenvalue weighted by molar-refractivity contribution is 6.03. The smallest absolute Gasteiger partial charge is 0.435 e. The lowest BCUT2D eigenvalue weighted by molar-refractivity contribution is -0.463. The Bertz CT molecular complexity index is 2330. The normalized spacial score (nSPS) is 24.0. The summed E-state index contributed by atoms with van der Waals surface area (Å²) in [5.41, 5.74) is -8.31. The molecule has 3 saturated heterocycles. The lowest BCUT2D eigenvalue weighted by Crippen LogP contribution is -2.68. The van der Waals surface area contributed by atoms with E-state index in [4.69, 9.17) is 16.1 Å². The van der Waals surface area contributed by atoms with Gasteiger partial charge in [0.05, 0.1) is 28.3 Å². The van der Waals surface area contributed by atoms with Crippen LogP contribution in [-0.2, 0) is 11.2 Å². The second-order valence-electron chi connectivity index (χ2n) is 15.5. The summed E-state index contributed by atoms with van der Waals surface area (Å²) in [5.74, 6) is 0.441. The minimum atomic E-state index is -6.89. The number of piperazine rings is 1. The number of phenolic OH excluding ortho intramolecular Hbond substituents is 1. The molecule has 0 radical (unpaired) electrons. The Labute approximate surface area is 328 Å². The van der Waals surface area contributed by atoms with Crippen molar-refractivity contribution in [3.63, 3.8) is 0 Å². The van der Waals surface area contributed by atoms with Crippen LogP contribution in [0.2, 0.25) is 0 Å². The minimum Gasteiger partial charge on any atom is -0.508 e. The molecule has 0 amide bonds. The number of fused-ring (bicyclic) bond motifs is 4. The van der Waals surface area contributed by atoms with Gasteiger partial charge >= 0.3 is 30.1 Å². The maximum absolute atomic E-state index is 17.2. The van der Waals surface area contributed by atoms with Gasteiger partial charge in [0, 0.05) is 42.7 Å². The molecule has 4 aliphatic rings. The van der Waals surface area contributed by atoms with Gasteiger partial charge in [0.25, 0.3) is 0 Å². The number of phenols is 1. The van der Waals surface area contributed by atoms with Crippen LogP contribution in [-0.4, -0.2) is 106 Å². The molecule has 0 unspecified atom stereocenters. The third-order valence-corrected chi connectivity index (χ3v) is 12.0. The number of aryl methyl sites for hydroxylation is 1. The molecule has 8 rings (SSSR count). The number of halogens is 11. The Morgan fingerprint density at radius 3 is 2.39 bits per heavy atom. The van der Waals surface area contributed by atoms with E-state index >= 15 is 8.78 Å². The molecule has 2 aromatic heterocycles. The van der Waals surface area contributed by atoms with Gasteiger partial charge in [0.1, 0.15) is 35.2 Å². The Hall–Kier alpha value is -4.74. The van der Waals surface area contributed by atoms with Gasteiger partial charge in [-0.25, -0.2) is 13.8 Å². The van der Waals surface area contributed by atoms with Crippen molar-refractivity contribution in [2.45, 2.75) is 93.3 Å². The van der Waals surface area contributed by atoms with E-state index in [0.717, 1.165) is 12.5 Å². The van der Waals surface area contributed by atoms with Gasteiger partial charge in [-0.1, -0.05) is 18.9 Å². The van der Waals surface area contributed by atoms with E-state index in [-0.39, 0.29) is 69.7 Å².